The second-order valence-electron chi connectivity index (χ2n) is 4.67. The number of hydrogen-bond donors (Lipinski definition) is 2. The van der Waals surface area contributed by atoms with E-state index in [-0.39, 0.29) is 6.42 Å². The van der Waals surface area contributed by atoms with Crippen molar-refractivity contribution in [3.05, 3.63) is 22.5 Å². The van der Waals surface area contributed by atoms with Crippen LogP contribution in [-0.2, 0) is 29.2 Å². The third kappa shape index (κ3) is 1.45. The Labute approximate surface area is 93.6 Å². The molecule has 86 valence electrons. The predicted molar refractivity (Wildman–Crippen MR) is 57.2 cm³/mol. The smallest absolute Gasteiger partial charge is 0.307 e. The van der Waals surface area contributed by atoms with Crippen LogP contribution in [0, 0.1) is 0 Å². The van der Waals surface area contributed by atoms with Crippen LogP contribution in [0.2, 0.25) is 0 Å². The lowest BCUT2D eigenvalue weighted by Crippen LogP contribution is -2.13. The molecule has 1 fully saturated rings. The molecule has 0 aromatic carbocycles. The highest BCUT2D eigenvalue weighted by molar-refractivity contribution is 5.71. The lowest BCUT2D eigenvalue weighted by molar-refractivity contribution is -0.136. The number of nitrogens with one attached hydrogen (secondary N) is 1. The lowest BCUT2D eigenvalue weighted by atomic mass is 9.81. The van der Waals surface area contributed by atoms with Gasteiger partial charge in [0, 0.05) is 17.0 Å². The molecule has 1 aromatic heterocycles. The first kappa shape index (κ1) is 9.90. The van der Waals surface area contributed by atoms with Crippen LogP contribution in [0.25, 0.3) is 0 Å². The van der Waals surface area contributed by atoms with Crippen molar-refractivity contribution < 1.29 is 14.6 Å². The Bertz CT molecular complexity index is 432. The van der Waals surface area contributed by atoms with Crippen molar-refractivity contribution in [2.75, 3.05) is 0 Å². The van der Waals surface area contributed by atoms with Crippen molar-refractivity contribution in [2.45, 2.75) is 44.8 Å². The predicted octanol–water partition coefficient (Wildman–Crippen LogP) is 1.94. The fourth-order valence-electron chi connectivity index (χ4n) is 2.61. The minimum Gasteiger partial charge on any atom is -0.481 e. The maximum absolute atomic E-state index is 10.9. The molecule has 0 spiro atoms. The fourth-order valence-corrected chi connectivity index (χ4v) is 2.61. The van der Waals surface area contributed by atoms with Crippen molar-refractivity contribution in [3.8, 4) is 0 Å². The Morgan fingerprint density at radius 2 is 2.25 bits per heavy atom. The Kier molecular flexibility index (Phi) is 2.24. The van der Waals surface area contributed by atoms with Gasteiger partial charge in [-0.3, -0.25) is 4.79 Å². The molecule has 0 bridgehead atoms. The van der Waals surface area contributed by atoms with Crippen molar-refractivity contribution in [2.24, 2.45) is 0 Å². The van der Waals surface area contributed by atoms with Crippen LogP contribution < -0.4 is 0 Å². The highest BCUT2D eigenvalue weighted by atomic mass is 16.5. The van der Waals surface area contributed by atoms with E-state index in [0.717, 1.165) is 16.8 Å². The average Bonchev–Trinajstić information content (AvgIpc) is 2.66. The van der Waals surface area contributed by atoms with Gasteiger partial charge in [-0.2, -0.15) is 0 Å². The van der Waals surface area contributed by atoms with Crippen LogP contribution in [0.15, 0.2) is 0 Å². The molecule has 1 aliphatic carbocycles. The van der Waals surface area contributed by atoms with Gasteiger partial charge >= 0.3 is 5.97 Å². The van der Waals surface area contributed by atoms with Gasteiger partial charge in [-0.25, -0.2) is 0 Å². The number of H-pyrrole nitrogens is 1. The topological polar surface area (TPSA) is 62.3 Å². The molecule has 0 atom stereocenters. The molecular weight excluding hydrogens is 206 g/mol. The summed E-state index contributed by atoms with van der Waals surface area (Å²) in [5, 5.41) is 8.96. The molecule has 4 heteroatoms. The van der Waals surface area contributed by atoms with Gasteiger partial charge in [-0.15, -0.1) is 0 Å². The van der Waals surface area contributed by atoms with Gasteiger partial charge in [0.2, 0.25) is 0 Å². The summed E-state index contributed by atoms with van der Waals surface area (Å²) in [5.74, 6) is -0.200. The Morgan fingerprint density at radius 1 is 1.44 bits per heavy atom. The number of rotatable bonds is 3. The summed E-state index contributed by atoms with van der Waals surface area (Å²) >= 11 is 0. The van der Waals surface area contributed by atoms with Crippen LogP contribution in [0.5, 0.6) is 0 Å². The maximum Gasteiger partial charge on any atom is 0.307 e. The SMILES string of the molecule is O=C(O)Cc1c(C2CCC2)[nH]c2c1COC2. The van der Waals surface area contributed by atoms with Crippen LogP contribution in [0.1, 0.15) is 47.7 Å². The molecule has 3 rings (SSSR count). The minimum absolute atomic E-state index is 0.126. The molecule has 0 saturated heterocycles. The molecule has 1 saturated carbocycles. The summed E-state index contributed by atoms with van der Waals surface area (Å²) in [6.45, 7) is 1.18. The van der Waals surface area contributed by atoms with Crippen molar-refractivity contribution in [1.82, 2.24) is 4.98 Å². The van der Waals surface area contributed by atoms with E-state index in [1.807, 2.05) is 0 Å². The van der Waals surface area contributed by atoms with E-state index < -0.39 is 5.97 Å². The van der Waals surface area contributed by atoms with Crippen molar-refractivity contribution in [1.29, 1.82) is 0 Å². The lowest BCUT2D eigenvalue weighted by Gasteiger charge is -2.26. The highest BCUT2D eigenvalue weighted by Gasteiger charge is 2.30. The molecular formula is C12H15NO3. The molecule has 2 heterocycles. The number of ether oxygens (including phenoxy) is 1. The number of aromatic nitrogens is 1. The van der Waals surface area contributed by atoms with E-state index in [1.54, 1.807) is 0 Å². The van der Waals surface area contributed by atoms with Gasteiger partial charge in [0.05, 0.1) is 19.6 Å². The van der Waals surface area contributed by atoms with Crippen molar-refractivity contribution in [3.63, 3.8) is 0 Å². The first-order valence-corrected chi connectivity index (χ1v) is 5.77. The quantitative estimate of drug-likeness (QED) is 0.819. The first-order chi connectivity index (χ1) is 7.75. The molecule has 16 heavy (non-hydrogen) atoms. The summed E-state index contributed by atoms with van der Waals surface area (Å²) in [5.41, 5.74) is 4.36. The zero-order valence-corrected chi connectivity index (χ0v) is 9.08. The summed E-state index contributed by atoms with van der Waals surface area (Å²) in [6.07, 6.45) is 3.76. The zero-order chi connectivity index (χ0) is 11.1. The van der Waals surface area contributed by atoms with Gasteiger partial charge < -0.3 is 14.8 Å². The van der Waals surface area contributed by atoms with Crippen LogP contribution in [0.4, 0.5) is 0 Å². The fraction of sp³-hybridized carbons (Fsp3) is 0.583. The Morgan fingerprint density at radius 3 is 2.88 bits per heavy atom. The van der Waals surface area contributed by atoms with E-state index in [4.69, 9.17) is 9.84 Å². The summed E-state index contributed by atoms with van der Waals surface area (Å²) in [7, 11) is 0. The summed E-state index contributed by atoms with van der Waals surface area (Å²) in [4.78, 5) is 14.3. The van der Waals surface area contributed by atoms with E-state index in [2.05, 4.69) is 4.98 Å². The maximum atomic E-state index is 10.9. The van der Waals surface area contributed by atoms with Gasteiger partial charge in [-0.1, -0.05) is 6.42 Å². The van der Waals surface area contributed by atoms with Gasteiger partial charge in [0.1, 0.15) is 0 Å². The number of aliphatic carboxylic acids is 1. The van der Waals surface area contributed by atoms with Crippen LogP contribution in [-0.4, -0.2) is 16.1 Å². The molecule has 0 radical (unpaired) electrons. The van der Waals surface area contributed by atoms with E-state index in [0.29, 0.717) is 19.1 Å². The van der Waals surface area contributed by atoms with Crippen LogP contribution >= 0.6 is 0 Å². The van der Waals surface area contributed by atoms with E-state index in [1.165, 1.54) is 25.0 Å². The second-order valence-corrected chi connectivity index (χ2v) is 4.67. The van der Waals surface area contributed by atoms with Crippen LogP contribution in [0.3, 0.4) is 0 Å². The van der Waals surface area contributed by atoms with Crippen molar-refractivity contribution >= 4 is 5.97 Å². The third-order valence-electron chi connectivity index (χ3n) is 3.67. The molecule has 1 aromatic rings. The first-order valence-electron chi connectivity index (χ1n) is 5.77. The Hall–Kier alpha value is -1.29. The van der Waals surface area contributed by atoms with Gasteiger partial charge in [0.15, 0.2) is 0 Å². The monoisotopic (exact) mass is 221 g/mol. The summed E-state index contributed by atoms with van der Waals surface area (Å²) in [6, 6.07) is 0. The average molecular weight is 221 g/mol. The minimum atomic E-state index is -0.755. The van der Waals surface area contributed by atoms with E-state index >= 15 is 0 Å². The Balaban J connectivity index is 1.99. The standard InChI is InChI=1S/C12H15NO3/c14-11(15)4-8-9-5-16-6-10(9)13-12(8)7-2-1-3-7/h7,13H,1-6H2,(H,14,15). The molecule has 2 aliphatic rings. The summed E-state index contributed by atoms with van der Waals surface area (Å²) < 4.78 is 5.34. The third-order valence-corrected chi connectivity index (χ3v) is 3.67. The largest absolute Gasteiger partial charge is 0.481 e. The number of fused-ring (bicyclic) bond motifs is 1. The number of carboxylic acids is 1. The number of hydrogen-bond acceptors (Lipinski definition) is 2. The normalized spacial score (nSPS) is 19.5. The van der Waals surface area contributed by atoms with E-state index in [9.17, 15) is 4.79 Å². The molecule has 0 amide bonds. The molecule has 4 nitrogen and oxygen atoms in total. The van der Waals surface area contributed by atoms with Gasteiger partial charge in [-0.05, 0) is 24.3 Å². The second kappa shape index (κ2) is 3.63. The zero-order valence-electron chi connectivity index (χ0n) is 9.08. The highest BCUT2D eigenvalue weighted by Crippen LogP contribution is 2.40. The molecule has 0 unspecified atom stereocenters. The molecule has 1 aliphatic heterocycles. The molecule has 2 N–H and O–H groups in total. The van der Waals surface area contributed by atoms with Gasteiger partial charge in [0.25, 0.3) is 0 Å². The number of aromatic amines is 1. The number of carbonyl (C=O) groups is 1. The number of carboxylic acid groups (broad SMARTS) is 1.